The number of halogens is 1. The van der Waals surface area contributed by atoms with Gasteiger partial charge in [-0.3, -0.25) is 4.79 Å². The molecule has 0 atom stereocenters. The van der Waals surface area contributed by atoms with E-state index in [0.29, 0.717) is 22.4 Å². The number of rotatable bonds is 6. The van der Waals surface area contributed by atoms with Gasteiger partial charge in [-0.05, 0) is 53.1 Å². The molecule has 0 unspecified atom stereocenters. The number of nitrogens with zero attached hydrogens (tertiary/aromatic N) is 1. The van der Waals surface area contributed by atoms with Gasteiger partial charge in [-0.2, -0.15) is 0 Å². The SMILES string of the molecule is COc1ccc(-c2cccc(C(=O)N(C)C)c2)cc1S(=O)(=O)Cc1cccc(N)c1.Cl. The highest BCUT2D eigenvalue weighted by molar-refractivity contribution is 7.90. The zero-order chi connectivity index (χ0) is 21.9. The van der Waals surface area contributed by atoms with E-state index < -0.39 is 9.84 Å². The molecule has 31 heavy (non-hydrogen) atoms. The number of nitrogens with two attached hydrogens (primary N) is 1. The van der Waals surface area contributed by atoms with Gasteiger partial charge in [-0.15, -0.1) is 12.4 Å². The Bertz CT molecular complexity index is 1190. The summed E-state index contributed by atoms with van der Waals surface area (Å²) >= 11 is 0. The molecule has 3 aromatic carbocycles. The molecule has 0 fully saturated rings. The molecular formula is C23H25ClN2O4S. The van der Waals surface area contributed by atoms with E-state index >= 15 is 0 Å². The highest BCUT2D eigenvalue weighted by Crippen LogP contribution is 2.32. The van der Waals surface area contributed by atoms with Gasteiger partial charge in [0.2, 0.25) is 0 Å². The number of carbonyl (C=O) groups is 1. The molecule has 0 heterocycles. The van der Waals surface area contributed by atoms with E-state index in [1.54, 1.807) is 74.8 Å². The summed E-state index contributed by atoms with van der Waals surface area (Å²) in [4.78, 5) is 13.9. The highest BCUT2D eigenvalue weighted by atomic mass is 35.5. The first-order valence-electron chi connectivity index (χ1n) is 9.28. The number of hydrogen-bond acceptors (Lipinski definition) is 5. The summed E-state index contributed by atoms with van der Waals surface area (Å²) in [6.45, 7) is 0. The normalized spacial score (nSPS) is 10.8. The standard InChI is InChI=1S/C23H24N2O4S.ClH/c1-25(2)23(26)19-8-5-7-17(13-19)18-10-11-21(29-3)22(14-18)30(27,28)15-16-6-4-9-20(24)12-16;/h4-14H,15,24H2,1-3H3;1H. The van der Waals surface area contributed by atoms with E-state index in [9.17, 15) is 13.2 Å². The number of sulfone groups is 1. The number of methoxy groups -OCH3 is 1. The quantitative estimate of drug-likeness (QED) is 0.560. The molecule has 6 nitrogen and oxygen atoms in total. The minimum absolute atomic E-state index is 0. The van der Waals surface area contributed by atoms with Crippen molar-refractivity contribution in [3.05, 3.63) is 77.9 Å². The molecule has 0 radical (unpaired) electrons. The van der Waals surface area contributed by atoms with Crippen LogP contribution in [-0.4, -0.2) is 40.4 Å². The van der Waals surface area contributed by atoms with Crippen molar-refractivity contribution in [2.45, 2.75) is 10.6 Å². The van der Waals surface area contributed by atoms with Crippen LogP contribution in [0.15, 0.2) is 71.6 Å². The topological polar surface area (TPSA) is 89.7 Å². The number of amides is 1. The maximum absolute atomic E-state index is 13.2. The molecule has 1 amide bonds. The van der Waals surface area contributed by atoms with Crippen LogP contribution in [0, 0.1) is 0 Å². The van der Waals surface area contributed by atoms with E-state index in [1.807, 2.05) is 6.07 Å². The van der Waals surface area contributed by atoms with Crippen LogP contribution in [-0.2, 0) is 15.6 Å². The third-order valence-electron chi connectivity index (χ3n) is 4.66. The number of hydrogen-bond donors (Lipinski definition) is 1. The Morgan fingerprint density at radius 3 is 2.29 bits per heavy atom. The van der Waals surface area contributed by atoms with Crippen molar-refractivity contribution in [1.29, 1.82) is 0 Å². The van der Waals surface area contributed by atoms with Gasteiger partial charge in [-0.1, -0.05) is 30.3 Å². The van der Waals surface area contributed by atoms with E-state index in [2.05, 4.69) is 0 Å². The first-order valence-corrected chi connectivity index (χ1v) is 10.9. The van der Waals surface area contributed by atoms with E-state index in [1.165, 1.54) is 12.0 Å². The van der Waals surface area contributed by atoms with Crippen molar-refractivity contribution >= 4 is 33.8 Å². The van der Waals surface area contributed by atoms with Crippen molar-refractivity contribution in [2.24, 2.45) is 0 Å². The Labute approximate surface area is 189 Å². The second kappa shape index (κ2) is 9.85. The van der Waals surface area contributed by atoms with Gasteiger partial charge in [0.05, 0.1) is 12.9 Å². The zero-order valence-corrected chi connectivity index (χ0v) is 19.2. The fourth-order valence-electron chi connectivity index (χ4n) is 3.17. The lowest BCUT2D eigenvalue weighted by molar-refractivity contribution is 0.0827. The zero-order valence-electron chi connectivity index (χ0n) is 17.5. The van der Waals surface area contributed by atoms with Crippen LogP contribution in [0.4, 0.5) is 5.69 Å². The Morgan fingerprint density at radius 1 is 0.968 bits per heavy atom. The van der Waals surface area contributed by atoms with Crippen molar-refractivity contribution in [3.8, 4) is 16.9 Å². The predicted molar refractivity (Wildman–Crippen MR) is 125 cm³/mol. The molecular weight excluding hydrogens is 436 g/mol. The van der Waals surface area contributed by atoms with Gasteiger partial charge < -0.3 is 15.4 Å². The largest absolute Gasteiger partial charge is 0.495 e. The van der Waals surface area contributed by atoms with Crippen molar-refractivity contribution in [3.63, 3.8) is 0 Å². The van der Waals surface area contributed by atoms with Gasteiger partial charge in [-0.25, -0.2) is 8.42 Å². The van der Waals surface area contributed by atoms with Gasteiger partial charge >= 0.3 is 0 Å². The third kappa shape index (κ3) is 5.57. The first-order chi connectivity index (χ1) is 14.2. The summed E-state index contributed by atoms with van der Waals surface area (Å²) in [6.07, 6.45) is 0. The molecule has 3 aromatic rings. The summed E-state index contributed by atoms with van der Waals surface area (Å²) in [6, 6.07) is 18.9. The van der Waals surface area contributed by atoms with Gasteiger partial charge in [0, 0.05) is 25.3 Å². The predicted octanol–water partition coefficient (Wildman–Crippen LogP) is 4.04. The molecule has 0 bridgehead atoms. The third-order valence-corrected chi connectivity index (χ3v) is 6.36. The van der Waals surface area contributed by atoms with Gasteiger partial charge in [0.25, 0.3) is 5.91 Å². The van der Waals surface area contributed by atoms with Crippen molar-refractivity contribution in [1.82, 2.24) is 4.90 Å². The van der Waals surface area contributed by atoms with Crippen molar-refractivity contribution < 1.29 is 17.9 Å². The lowest BCUT2D eigenvalue weighted by atomic mass is 10.0. The first kappa shape index (κ1) is 24.2. The second-order valence-corrected chi connectivity index (χ2v) is 9.11. The molecule has 0 aliphatic rings. The van der Waals surface area contributed by atoms with Crippen molar-refractivity contribution in [2.75, 3.05) is 26.9 Å². The lowest BCUT2D eigenvalue weighted by Gasteiger charge is -2.14. The molecule has 0 saturated heterocycles. The molecule has 3 rings (SSSR count). The fourth-order valence-corrected chi connectivity index (χ4v) is 4.71. The summed E-state index contributed by atoms with van der Waals surface area (Å²) in [5, 5.41) is 0. The minimum atomic E-state index is -3.70. The minimum Gasteiger partial charge on any atom is -0.495 e. The monoisotopic (exact) mass is 460 g/mol. The fraction of sp³-hybridized carbons (Fsp3) is 0.174. The molecule has 0 saturated carbocycles. The molecule has 0 aliphatic heterocycles. The number of benzene rings is 3. The Kier molecular flexibility index (Phi) is 7.70. The molecule has 0 aliphatic carbocycles. The lowest BCUT2D eigenvalue weighted by Crippen LogP contribution is -2.21. The average Bonchev–Trinajstić information content (AvgIpc) is 2.72. The van der Waals surface area contributed by atoms with Crippen LogP contribution in [0.3, 0.4) is 0 Å². The Balaban J connectivity index is 0.00000341. The van der Waals surface area contributed by atoms with Crippen LogP contribution >= 0.6 is 12.4 Å². The van der Waals surface area contributed by atoms with Gasteiger partial charge in [0.1, 0.15) is 10.6 Å². The van der Waals surface area contributed by atoms with E-state index in [0.717, 1.165) is 5.56 Å². The van der Waals surface area contributed by atoms with Crippen LogP contribution in [0.2, 0.25) is 0 Å². The average molecular weight is 461 g/mol. The van der Waals surface area contributed by atoms with Gasteiger partial charge in [0.15, 0.2) is 9.84 Å². The molecule has 2 N–H and O–H groups in total. The summed E-state index contributed by atoms with van der Waals surface area (Å²) < 4.78 is 31.6. The number of nitrogen functional groups attached to an aromatic ring is 1. The molecule has 0 spiro atoms. The number of anilines is 1. The summed E-state index contributed by atoms with van der Waals surface area (Å²) in [5.41, 5.74) is 8.83. The molecule has 8 heteroatoms. The smallest absolute Gasteiger partial charge is 0.253 e. The molecule has 164 valence electrons. The maximum atomic E-state index is 13.2. The summed E-state index contributed by atoms with van der Waals surface area (Å²) in [5.74, 6) is -0.0557. The Morgan fingerprint density at radius 2 is 1.65 bits per heavy atom. The van der Waals surface area contributed by atoms with Crippen LogP contribution in [0.5, 0.6) is 5.75 Å². The number of carbonyl (C=O) groups excluding carboxylic acids is 1. The van der Waals surface area contributed by atoms with E-state index in [-0.39, 0.29) is 34.7 Å². The van der Waals surface area contributed by atoms with Crippen LogP contribution < -0.4 is 10.5 Å². The van der Waals surface area contributed by atoms with Crippen LogP contribution in [0.1, 0.15) is 15.9 Å². The Hall–Kier alpha value is -3.03. The highest BCUT2D eigenvalue weighted by Gasteiger charge is 2.22. The second-order valence-electron chi connectivity index (χ2n) is 7.15. The maximum Gasteiger partial charge on any atom is 0.253 e. The summed E-state index contributed by atoms with van der Waals surface area (Å²) in [7, 11) is 1.10. The van der Waals surface area contributed by atoms with Crippen LogP contribution in [0.25, 0.3) is 11.1 Å². The van der Waals surface area contributed by atoms with E-state index in [4.69, 9.17) is 10.5 Å². The number of ether oxygens (including phenoxy) is 1. The molecule has 0 aromatic heterocycles.